The van der Waals surface area contributed by atoms with Crippen LogP contribution < -0.4 is 10.5 Å². The molecular weight excluding hydrogens is 270 g/mol. The van der Waals surface area contributed by atoms with Gasteiger partial charge < -0.3 is 10.5 Å². The molecule has 86 valence electrons. The maximum atomic E-state index is 12.0. The molecule has 0 fully saturated rings. The molecule has 1 unspecified atom stereocenters. The number of Topliss-reactive ketones (excluding diaryl/α,β-unsaturated/α-hetero) is 1. The molecule has 0 bridgehead atoms. The molecule has 3 nitrogen and oxygen atoms in total. The molecule has 1 aliphatic heterocycles. The van der Waals surface area contributed by atoms with Crippen LogP contribution in [0.3, 0.4) is 0 Å². The number of nitrogen functional groups attached to an aromatic ring is 1. The van der Waals surface area contributed by atoms with Crippen LogP contribution in [-0.4, -0.2) is 11.4 Å². The number of halogens is 1. The van der Waals surface area contributed by atoms with Gasteiger partial charge in [0.15, 0.2) is 11.5 Å². The van der Waals surface area contributed by atoms with Gasteiger partial charge >= 0.3 is 0 Å². The van der Waals surface area contributed by atoms with Crippen molar-refractivity contribution in [1.82, 2.24) is 0 Å². The highest BCUT2D eigenvalue weighted by atomic mass is 79.9. The van der Waals surface area contributed by atoms with Crippen molar-refractivity contribution in [2.45, 2.75) is 32.3 Å². The maximum absolute atomic E-state index is 12.0. The van der Waals surface area contributed by atoms with E-state index in [1.54, 1.807) is 12.1 Å². The lowest BCUT2D eigenvalue weighted by molar-refractivity contribution is 0.0504. The van der Waals surface area contributed by atoms with Gasteiger partial charge in [0, 0.05) is 4.47 Å². The number of carbonyl (C=O) groups is 1. The van der Waals surface area contributed by atoms with Crippen molar-refractivity contribution in [3.8, 4) is 5.75 Å². The molecule has 1 aromatic carbocycles. The second-order valence-corrected chi connectivity index (χ2v) is 5.29. The van der Waals surface area contributed by atoms with E-state index in [-0.39, 0.29) is 5.78 Å². The summed E-state index contributed by atoms with van der Waals surface area (Å²) in [6, 6.07) is 3.52. The lowest BCUT2D eigenvalue weighted by atomic mass is 9.89. The average Bonchev–Trinajstić information content (AvgIpc) is 2.20. The van der Waals surface area contributed by atoms with Gasteiger partial charge in [0.05, 0.1) is 17.7 Å². The van der Waals surface area contributed by atoms with Gasteiger partial charge in [0.1, 0.15) is 5.60 Å². The van der Waals surface area contributed by atoms with Crippen molar-refractivity contribution in [1.29, 1.82) is 0 Å². The molecule has 16 heavy (non-hydrogen) atoms. The van der Waals surface area contributed by atoms with E-state index in [1.807, 2.05) is 13.8 Å². The Bertz CT molecular complexity index is 459. The Labute approximate surface area is 103 Å². The standard InChI is InChI=1S/C12H14BrNO2/c1-3-12(2)6-10(15)8-4-7(13)5-9(14)11(8)16-12/h4-5H,3,6,14H2,1-2H3. The highest BCUT2D eigenvalue weighted by molar-refractivity contribution is 9.10. The van der Waals surface area contributed by atoms with Crippen LogP contribution in [0.5, 0.6) is 5.75 Å². The highest BCUT2D eigenvalue weighted by Gasteiger charge is 2.36. The summed E-state index contributed by atoms with van der Waals surface area (Å²) in [4.78, 5) is 12.0. The van der Waals surface area contributed by atoms with E-state index in [1.165, 1.54) is 0 Å². The topological polar surface area (TPSA) is 52.3 Å². The van der Waals surface area contributed by atoms with Crippen molar-refractivity contribution < 1.29 is 9.53 Å². The normalized spacial score (nSPS) is 23.8. The van der Waals surface area contributed by atoms with Gasteiger partial charge in [-0.15, -0.1) is 0 Å². The number of hydrogen-bond donors (Lipinski definition) is 1. The first-order chi connectivity index (χ1) is 7.45. The van der Waals surface area contributed by atoms with Crippen molar-refractivity contribution >= 4 is 27.4 Å². The zero-order valence-corrected chi connectivity index (χ0v) is 10.9. The van der Waals surface area contributed by atoms with Crippen LogP contribution in [0.2, 0.25) is 0 Å². The molecule has 2 N–H and O–H groups in total. The molecule has 1 atom stereocenters. The third-order valence-corrected chi connectivity index (χ3v) is 3.47. The number of nitrogens with two attached hydrogens (primary N) is 1. The van der Waals surface area contributed by atoms with Crippen LogP contribution in [0, 0.1) is 0 Å². The first-order valence-electron chi connectivity index (χ1n) is 5.26. The number of rotatable bonds is 1. The zero-order chi connectivity index (χ0) is 11.9. The summed E-state index contributed by atoms with van der Waals surface area (Å²) >= 11 is 3.33. The minimum Gasteiger partial charge on any atom is -0.484 e. The van der Waals surface area contributed by atoms with Crippen LogP contribution in [0.4, 0.5) is 5.69 Å². The number of ether oxygens (including phenoxy) is 1. The fourth-order valence-corrected chi connectivity index (χ4v) is 2.33. The lowest BCUT2D eigenvalue weighted by Gasteiger charge is -2.34. The Kier molecular flexibility index (Phi) is 2.70. The third kappa shape index (κ3) is 1.82. The van der Waals surface area contributed by atoms with Crippen molar-refractivity contribution in [2.75, 3.05) is 5.73 Å². The van der Waals surface area contributed by atoms with Crippen molar-refractivity contribution in [3.05, 3.63) is 22.2 Å². The summed E-state index contributed by atoms with van der Waals surface area (Å²) in [5, 5.41) is 0. The Morgan fingerprint density at radius 1 is 1.56 bits per heavy atom. The molecule has 0 aromatic heterocycles. The molecule has 0 saturated carbocycles. The van der Waals surface area contributed by atoms with Gasteiger partial charge in [0.25, 0.3) is 0 Å². The second-order valence-electron chi connectivity index (χ2n) is 4.38. The van der Waals surface area contributed by atoms with Gasteiger partial charge in [-0.05, 0) is 25.5 Å². The molecule has 0 radical (unpaired) electrons. The fraction of sp³-hybridized carbons (Fsp3) is 0.417. The number of ketones is 1. The number of carbonyl (C=O) groups excluding carboxylic acids is 1. The molecule has 0 aliphatic carbocycles. The Hall–Kier alpha value is -1.03. The number of fused-ring (bicyclic) bond motifs is 1. The monoisotopic (exact) mass is 283 g/mol. The Morgan fingerprint density at radius 2 is 2.25 bits per heavy atom. The van der Waals surface area contributed by atoms with Crippen LogP contribution >= 0.6 is 15.9 Å². The summed E-state index contributed by atoms with van der Waals surface area (Å²) in [6.07, 6.45) is 1.19. The van der Waals surface area contributed by atoms with Gasteiger partial charge in [-0.1, -0.05) is 22.9 Å². The molecule has 4 heteroatoms. The Balaban J connectivity index is 2.55. The Morgan fingerprint density at radius 3 is 2.88 bits per heavy atom. The molecule has 1 aliphatic rings. The van der Waals surface area contributed by atoms with Gasteiger partial charge in [-0.3, -0.25) is 4.79 Å². The first kappa shape index (κ1) is 11.5. The van der Waals surface area contributed by atoms with Gasteiger partial charge in [-0.2, -0.15) is 0 Å². The molecular formula is C12H14BrNO2. The lowest BCUT2D eigenvalue weighted by Crippen LogP contribution is -2.38. The van der Waals surface area contributed by atoms with E-state index in [0.717, 1.165) is 10.9 Å². The van der Waals surface area contributed by atoms with Gasteiger partial charge in [-0.25, -0.2) is 0 Å². The summed E-state index contributed by atoms with van der Waals surface area (Å²) in [6.45, 7) is 3.95. The van der Waals surface area contributed by atoms with E-state index < -0.39 is 5.60 Å². The number of hydrogen-bond acceptors (Lipinski definition) is 3. The predicted octanol–water partition coefficient (Wildman–Crippen LogP) is 3.17. The number of anilines is 1. The molecule has 0 saturated heterocycles. The number of benzene rings is 1. The van der Waals surface area contributed by atoms with E-state index in [0.29, 0.717) is 23.4 Å². The smallest absolute Gasteiger partial charge is 0.170 e. The predicted molar refractivity (Wildman–Crippen MR) is 66.8 cm³/mol. The van der Waals surface area contributed by atoms with Gasteiger partial charge in [0.2, 0.25) is 0 Å². The summed E-state index contributed by atoms with van der Waals surface area (Å²) in [5.41, 5.74) is 6.54. The fourth-order valence-electron chi connectivity index (χ4n) is 1.85. The first-order valence-corrected chi connectivity index (χ1v) is 6.06. The van der Waals surface area contributed by atoms with Crippen LogP contribution in [0.1, 0.15) is 37.0 Å². The largest absolute Gasteiger partial charge is 0.484 e. The van der Waals surface area contributed by atoms with Crippen LogP contribution in [0.25, 0.3) is 0 Å². The minimum atomic E-state index is -0.425. The molecule has 0 spiro atoms. The summed E-state index contributed by atoms with van der Waals surface area (Å²) in [5.74, 6) is 0.627. The van der Waals surface area contributed by atoms with Crippen molar-refractivity contribution in [2.24, 2.45) is 0 Å². The quantitative estimate of drug-likeness (QED) is 0.806. The second kappa shape index (κ2) is 3.77. The van der Waals surface area contributed by atoms with Crippen LogP contribution in [-0.2, 0) is 0 Å². The average molecular weight is 284 g/mol. The van der Waals surface area contributed by atoms with E-state index in [9.17, 15) is 4.79 Å². The van der Waals surface area contributed by atoms with E-state index in [4.69, 9.17) is 10.5 Å². The van der Waals surface area contributed by atoms with E-state index >= 15 is 0 Å². The summed E-state index contributed by atoms with van der Waals surface area (Å²) < 4.78 is 6.66. The molecule has 1 aromatic rings. The van der Waals surface area contributed by atoms with Crippen molar-refractivity contribution in [3.63, 3.8) is 0 Å². The molecule has 0 amide bonds. The maximum Gasteiger partial charge on any atom is 0.170 e. The zero-order valence-electron chi connectivity index (χ0n) is 9.34. The summed E-state index contributed by atoms with van der Waals surface area (Å²) in [7, 11) is 0. The van der Waals surface area contributed by atoms with Crippen LogP contribution in [0.15, 0.2) is 16.6 Å². The SMILES string of the molecule is CCC1(C)CC(=O)c2cc(Br)cc(N)c2O1. The minimum absolute atomic E-state index is 0.0959. The third-order valence-electron chi connectivity index (χ3n) is 3.01. The molecule has 2 rings (SSSR count). The van der Waals surface area contributed by atoms with E-state index in [2.05, 4.69) is 15.9 Å². The highest BCUT2D eigenvalue weighted by Crippen LogP contribution is 2.40. The molecule has 1 heterocycles.